The lowest BCUT2D eigenvalue weighted by Crippen LogP contribution is -2.48. The van der Waals surface area contributed by atoms with Crippen LogP contribution in [0.4, 0.5) is 0 Å². The minimum absolute atomic E-state index is 0.791. The molecule has 0 aromatic rings. The van der Waals surface area contributed by atoms with E-state index in [0.29, 0.717) is 0 Å². The second kappa shape index (κ2) is 6.55. The van der Waals surface area contributed by atoms with Crippen molar-refractivity contribution in [3.05, 3.63) is 0 Å². The van der Waals surface area contributed by atoms with Crippen LogP contribution in [0.1, 0.15) is 19.3 Å². The number of ether oxygens (including phenoxy) is 1. The summed E-state index contributed by atoms with van der Waals surface area (Å²) in [5.41, 5.74) is 5.68. The fourth-order valence-electron chi connectivity index (χ4n) is 2.49. The highest BCUT2D eigenvalue weighted by atomic mass is 16.5. The highest BCUT2D eigenvalue weighted by Gasteiger charge is 2.24. The van der Waals surface area contributed by atoms with Crippen LogP contribution in [0, 0.1) is 0 Å². The molecule has 1 aliphatic carbocycles. The molecule has 1 saturated carbocycles. The molecule has 2 N–H and O–H groups in total. The Kier molecular flexibility index (Phi) is 5.03. The van der Waals surface area contributed by atoms with Crippen LogP contribution >= 0.6 is 0 Å². The number of hydrogen-bond donors (Lipinski definition) is 1. The molecule has 0 amide bonds. The molecule has 1 aliphatic heterocycles. The van der Waals surface area contributed by atoms with Gasteiger partial charge in [0, 0.05) is 45.3 Å². The van der Waals surface area contributed by atoms with Crippen LogP contribution in [-0.4, -0.2) is 68.3 Å². The Morgan fingerprint density at radius 2 is 1.94 bits per heavy atom. The molecule has 2 rings (SSSR count). The summed E-state index contributed by atoms with van der Waals surface area (Å²) in [5, 5.41) is 0. The van der Waals surface area contributed by atoms with E-state index in [1.807, 2.05) is 0 Å². The van der Waals surface area contributed by atoms with Crippen molar-refractivity contribution in [2.45, 2.75) is 25.3 Å². The molecular formula is C12H25N3O. The molecule has 2 aliphatic rings. The van der Waals surface area contributed by atoms with Gasteiger partial charge in [0.05, 0.1) is 13.2 Å². The molecule has 4 heteroatoms. The second-order valence-corrected chi connectivity index (χ2v) is 4.86. The summed E-state index contributed by atoms with van der Waals surface area (Å²) in [6, 6.07) is 0.824. The Hall–Kier alpha value is -0.160. The van der Waals surface area contributed by atoms with Crippen molar-refractivity contribution in [2.24, 2.45) is 5.73 Å². The molecular weight excluding hydrogens is 202 g/mol. The zero-order valence-corrected chi connectivity index (χ0v) is 10.2. The second-order valence-electron chi connectivity index (χ2n) is 4.86. The first-order chi connectivity index (χ1) is 7.90. The third kappa shape index (κ3) is 3.42. The average molecular weight is 227 g/mol. The van der Waals surface area contributed by atoms with Gasteiger partial charge in [0.1, 0.15) is 0 Å². The Morgan fingerprint density at radius 1 is 1.19 bits per heavy atom. The van der Waals surface area contributed by atoms with E-state index >= 15 is 0 Å². The van der Waals surface area contributed by atoms with E-state index in [9.17, 15) is 0 Å². The number of morpholine rings is 1. The van der Waals surface area contributed by atoms with E-state index < -0.39 is 0 Å². The van der Waals surface area contributed by atoms with Crippen molar-refractivity contribution in [2.75, 3.05) is 52.5 Å². The van der Waals surface area contributed by atoms with Crippen LogP contribution in [-0.2, 0) is 4.74 Å². The molecule has 1 saturated heterocycles. The molecule has 1 heterocycles. The first-order valence-electron chi connectivity index (χ1n) is 6.64. The maximum atomic E-state index is 5.68. The highest BCUT2D eigenvalue weighted by Crippen LogP contribution is 2.24. The van der Waals surface area contributed by atoms with E-state index in [1.165, 1.54) is 32.4 Å². The van der Waals surface area contributed by atoms with Crippen molar-refractivity contribution in [1.82, 2.24) is 9.80 Å². The molecule has 2 fully saturated rings. The van der Waals surface area contributed by atoms with Crippen LogP contribution in [0.25, 0.3) is 0 Å². The van der Waals surface area contributed by atoms with Crippen LogP contribution in [0.15, 0.2) is 0 Å². The van der Waals surface area contributed by atoms with Crippen LogP contribution < -0.4 is 5.73 Å². The normalized spacial score (nSPS) is 23.6. The van der Waals surface area contributed by atoms with Gasteiger partial charge in [-0.2, -0.15) is 0 Å². The fourth-order valence-corrected chi connectivity index (χ4v) is 2.49. The molecule has 16 heavy (non-hydrogen) atoms. The van der Waals surface area contributed by atoms with Gasteiger partial charge >= 0.3 is 0 Å². The number of nitrogens with two attached hydrogens (primary N) is 1. The monoisotopic (exact) mass is 227 g/mol. The topological polar surface area (TPSA) is 41.7 Å². The van der Waals surface area contributed by atoms with Gasteiger partial charge in [-0.05, 0) is 12.8 Å². The maximum Gasteiger partial charge on any atom is 0.0594 e. The van der Waals surface area contributed by atoms with Crippen molar-refractivity contribution in [3.63, 3.8) is 0 Å². The van der Waals surface area contributed by atoms with Gasteiger partial charge in [0.15, 0.2) is 0 Å². The molecule has 0 aromatic carbocycles. The summed E-state index contributed by atoms with van der Waals surface area (Å²) in [4.78, 5) is 5.09. The van der Waals surface area contributed by atoms with Crippen molar-refractivity contribution >= 4 is 0 Å². The Balaban J connectivity index is 1.67. The summed E-state index contributed by atoms with van der Waals surface area (Å²) in [7, 11) is 0. The molecule has 0 bridgehead atoms. The first kappa shape index (κ1) is 12.3. The zero-order chi connectivity index (χ0) is 11.2. The lowest BCUT2D eigenvalue weighted by molar-refractivity contribution is 0.0274. The van der Waals surface area contributed by atoms with Gasteiger partial charge in [-0.25, -0.2) is 0 Å². The Labute approximate surface area is 98.7 Å². The molecule has 0 radical (unpaired) electrons. The molecule has 4 nitrogen and oxygen atoms in total. The predicted octanol–water partition coefficient (Wildman–Crippen LogP) is 0.132. The Morgan fingerprint density at radius 3 is 2.50 bits per heavy atom. The van der Waals surface area contributed by atoms with Gasteiger partial charge < -0.3 is 10.5 Å². The summed E-state index contributed by atoms with van der Waals surface area (Å²) < 4.78 is 5.36. The molecule has 94 valence electrons. The minimum Gasteiger partial charge on any atom is -0.379 e. The van der Waals surface area contributed by atoms with E-state index in [0.717, 1.165) is 45.4 Å². The predicted molar refractivity (Wildman–Crippen MR) is 65.5 cm³/mol. The quantitative estimate of drug-likeness (QED) is 0.700. The lowest BCUT2D eigenvalue weighted by Gasteiger charge is -2.39. The standard InChI is InChI=1S/C12H25N3O/c13-4-5-15(12-2-1-3-12)7-6-14-8-10-16-11-9-14/h12H,1-11,13H2. The van der Waals surface area contributed by atoms with Crippen LogP contribution in [0.3, 0.4) is 0 Å². The van der Waals surface area contributed by atoms with E-state index in [4.69, 9.17) is 10.5 Å². The highest BCUT2D eigenvalue weighted by molar-refractivity contribution is 4.81. The van der Waals surface area contributed by atoms with Gasteiger partial charge in [0.25, 0.3) is 0 Å². The van der Waals surface area contributed by atoms with Gasteiger partial charge in [-0.1, -0.05) is 6.42 Å². The van der Waals surface area contributed by atoms with Gasteiger partial charge in [-0.15, -0.1) is 0 Å². The lowest BCUT2D eigenvalue weighted by atomic mass is 9.91. The summed E-state index contributed by atoms with van der Waals surface area (Å²) in [6.45, 7) is 8.22. The van der Waals surface area contributed by atoms with Crippen molar-refractivity contribution < 1.29 is 4.74 Å². The molecule has 0 unspecified atom stereocenters. The minimum atomic E-state index is 0.791. The largest absolute Gasteiger partial charge is 0.379 e. The number of nitrogens with zero attached hydrogens (tertiary/aromatic N) is 2. The molecule has 0 atom stereocenters. The number of hydrogen-bond acceptors (Lipinski definition) is 4. The average Bonchev–Trinajstić information content (AvgIpc) is 2.25. The van der Waals surface area contributed by atoms with Crippen LogP contribution in [0.2, 0.25) is 0 Å². The first-order valence-corrected chi connectivity index (χ1v) is 6.64. The van der Waals surface area contributed by atoms with E-state index in [1.54, 1.807) is 0 Å². The van der Waals surface area contributed by atoms with E-state index in [2.05, 4.69) is 9.80 Å². The Bertz CT molecular complexity index is 191. The van der Waals surface area contributed by atoms with Gasteiger partial charge in [-0.3, -0.25) is 9.80 Å². The van der Waals surface area contributed by atoms with Gasteiger partial charge in [0.2, 0.25) is 0 Å². The fraction of sp³-hybridized carbons (Fsp3) is 1.00. The summed E-state index contributed by atoms with van der Waals surface area (Å²) in [5.74, 6) is 0. The third-order valence-electron chi connectivity index (χ3n) is 3.81. The van der Waals surface area contributed by atoms with Crippen LogP contribution in [0.5, 0.6) is 0 Å². The van der Waals surface area contributed by atoms with Crippen molar-refractivity contribution in [3.8, 4) is 0 Å². The smallest absolute Gasteiger partial charge is 0.0594 e. The summed E-state index contributed by atoms with van der Waals surface area (Å²) in [6.07, 6.45) is 4.16. The molecule has 0 spiro atoms. The summed E-state index contributed by atoms with van der Waals surface area (Å²) >= 11 is 0. The zero-order valence-electron chi connectivity index (χ0n) is 10.2. The third-order valence-corrected chi connectivity index (χ3v) is 3.81. The van der Waals surface area contributed by atoms with E-state index in [-0.39, 0.29) is 0 Å². The SMILES string of the molecule is NCCN(CCN1CCOCC1)C1CCC1. The number of rotatable bonds is 6. The van der Waals surface area contributed by atoms with Crippen molar-refractivity contribution in [1.29, 1.82) is 0 Å². The maximum absolute atomic E-state index is 5.68. The molecule has 0 aromatic heterocycles.